The van der Waals surface area contributed by atoms with Crippen molar-refractivity contribution in [3.8, 4) is 0 Å². The number of nitrogens with two attached hydrogens (primary N) is 1. The molecule has 1 atom stereocenters. The number of aryl methyl sites for hydroxylation is 1. The van der Waals surface area contributed by atoms with Gasteiger partial charge in [-0.3, -0.25) is 0 Å². The third-order valence-corrected chi connectivity index (χ3v) is 6.12. The zero-order valence-corrected chi connectivity index (χ0v) is 14.2. The molecule has 0 saturated carbocycles. The second kappa shape index (κ2) is 7.08. The van der Waals surface area contributed by atoms with Gasteiger partial charge in [0.15, 0.2) is 5.16 Å². The smallest absolute Gasteiger partial charge is 0.211 e. The van der Waals surface area contributed by atoms with Gasteiger partial charge in [-0.15, -0.1) is 10.2 Å². The molecular weight excluding hydrogens is 310 g/mol. The molecule has 1 aliphatic rings. The number of nitrogens with zero attached hydrogens (tertiary/aromatic N) is 4. The summed E-state index contributed by atoms with van der Waals surface area (Å²) in [6, 6.07) is 0. The van der Waals surface area contributed by atoms with Gasteiger partial charge in [-0.1, -0.05) is 11.8 Å². The Labute approximate surface area is 130 Å². The van der Waals surface area contributed by atoms with Crippen LogP contribution in [0.5, 0.6) is 0 Å². The first kappa shape index (κ1) is 16.7. The van der Waals surface area contributed by atoms with Crippen LogP contribution in [0.3, 0.4) is 0 Å². The summed E-state index contributed by atoms with van der Waals surface area (Å²) in [6.07, 6.45) is 3.26. The fraction of sp³-hybridized carbons (Fsp3) is 0.833. The summed E-state index contributed by atoms with van der Waals surface area (Å²) in [4.78, 5) is 0. The first-order valence-electron chi connectivity index (χ1n) is 7.09. The number of thioether (sulfide) groups is 1. The molecule has 0 spiro atoms. The Morgan fingerprint density at radius 3 is 2.86 bits per heavy atom. The van der Waals surface area contributed by atoms with Gasteiger partial charge in [-0.25, -0.2) is 12.7 Å². The van der Waals surface area contributed by atoms with E-state index in [-0.39, 0.29) is 0 Å². The van der Waals surface area contributed by atoms with E-state index in [9.17, 15) is 8.42 Å². The van der Waals surface area contributed by atoms with Crippen LogP contribution >= 0.6 is 11.8 Å². The highest BCUT2D eigenvalue weighted by atomic mass is 32.2. The van der Waals surface area contributed by atoms with Gasteiger partial charge < -0.3 is 10.3 Å². The molecule has 7 nitrogen and oxygen atoms in total. The summed E-state index contributed by atoms with van der Waals surface area (Å²) in [5.74, 6) is 2.08. The van der Waals surface area contributed by atoms with Gasteiger partial charge in [0, 0.05) is 31.9 Å². The van der Waals surface area contributed by atoms with E-state index in [0.29, 0.717) is 32.1 Å². The van der Waals surface area contributed by atoms with E-state index < -0.39 is 10.0 Å². The first-order valence-corrected chi connectivity index (χ1v) is 9.93. The van der Waals surface area contributed by atoms with Gasteiger partial charge in [0.2, 0.25) is 10.0 Å². The molecule has 1 aliphatic heterocycles. The number of aromatic nitrogens is 3. The second-order valence-electron chi connectivity index (χ2n) is 5.41. The van der Waals surface area contributed by atoms with E-state index >= 15 is 0 Å². The standard InChI is InChI=1S/C12H23N5O2S2/c1-10-14-15-12(17(10)7-5-13)20-9-11-4-3-6-16(8-11)21(2,18)19/h11H,3-9,13H2,1-2H3. The van der Waals surface area contributed by atoms with Gasteiger partial charge in [-0.2, -0.15) is 0 Å². The van der Waals surface area contributed by atoms with Crippen LogP contribution in [-0.4, -0.2) is 59.1 Å². The third kappa shape index (κ3) is 4.41. The average Bonchev–Trinajstić information content (AvgIpc) is 2.78. The maximum Gasteiger partial charge on any atom is 0.211 e. The molecular formula is C12H23N5O2S2. The minimum absolute atomic E-state index is 0.363. The van der Waals surface area contributed by atoms with E-state index in [1.54, 1.807) is 16.1 Å². The summed E-state index contributed by atoms with van der Waals surface area (Å²) in [5, 5.41) is 9.13. The SMILES string of the molecule is Cc1nnc(SCC2CCCN(S(C)(=O)=O)C2)n1CCN. The van der Waals surface area contributed by atoms with Crippen molar-refractivity contribution in [2.24, 2.45) is 11.7 Å². The molecule has 0 aromatic carbocycles. The lowest BCUT2D eigenvalue weighted by Gasteiger charge is -2.30. The van der Waals surface area contributed by atoms with Crippen molar-refractivity contribution in [1.29, 1.82) is 0 Å². The molecule has 1 aromatic rings. The normalized spacial score (nSPS) is 20.8. The van der Waals surface area contributed by atoms with Crippen LogP contribution in [0.1, 0.15) is 18.7 Å². The number of hydrogen-bond donors (Lipinski definition) is 1. The highest BCUT2D eigenvalue weighted by Gasteiger charge is 2.26. The summed E-state index contributed by atoms with van der Waals surface area (Å²) in [5.41, 5.74) is 5.60. The minimum atomic E-state index is -3.08. The summed E-state index contributed by atoms with van der Waals surface area (Å²) < 4.78 is 26.9. The van der Waals surface area contributed by atoms with Crippen molar-refractivity contribution in [3.63, 3.8) is 0 Å². The molecule has 1 unspecified atom stereocenters. The summed E-state index contributed by atoms with van der Waals surface area (Å²) in [7, 11) is -3.08. The van der Waals surface area contributed by atoms with Gasteiger partial charge >= 0.3 is 0 Å². The van der Waals surface area contributed by atoms with E-state index in [0.717, 1.165) is 29.6 Å². The molecule has 0 radical (unpaired) electrons. The van der Waals surface area contributed by atoms with Gasteiger partial charge in [0.25, 0.3) is 0 Å². The van der Waals surface area contributed by atoms with Crippen LogP contribution in [0.2, 0.25) is 0 Å². The van der Waals surface area contributed by atoms with Crippen LogP contribution in [0.15, 0.2) is 5.16 Å². The Balaban J connectivity index is 1.94. The average molecular weight is 333 g/mol. The Kier molecular flexibility index (Phi) is 5.64. The molecule has 0 bridgehead atoms. The van der Waals surface area contributed by atoms with Crippen LogP contribution < -0.4 is 5.73 Å². The molecule has 2 N–H and O–H groups in total. The maximum absolute atomic E-state index is 11.6. The fourth-order valence-electron chi connectivity index (χ4n) is 2.51. The zero-order chi connectivity index (χ0) is 15.5. The Morgan fingerprint density at radius 2 is 2.19 bits per heavy atom. The molecule has 1 saturated heterocycles. The van der Waals surface area contributed by atoms with E-state index in [4.69, 9.17) is 5.73 Å². The predicted octanol–water partition coefficient (Wildman–Crippen LogP) is 0.309. The molecule has 0 aliphatic carbocycles. The molecule has 21 heavy (non-hydrogen) atoms. The third-order valence-electron chi connectivity index (χ3n) is 3.65. The van der Waals surface area contributed by atoms with Crippen molar-refractivity contribution in [2.45, 2.75) is 31.5 Å². The van der Waals surface area contributed by atoms with E-state index in [1.807, 2.05) is 11.5 Å². The maximum atomic E-state index is 11.6. The van der Waals surface area contributed by atoms with Crippen LogP contribution in [0.4, 0.5) is 0 Å². The van der Waals surface area contributed by atoms with Crippen molar-refractivity contribution < 1.29 is 8.42 Å². The van der Waals surface area contributed by atoms with Crippen molar-refractivity contribution in [3.05, 3.63) is 5.82 Å². The number of piperidine rings is 1. The molecule has 0 amide bonds. The number of sulfonamides is 1. The predicted molar refractivity (Wildman–Crippen MR) is 83.7 cm³/mol. The highest BCUT2D eigenvalue weighted by Crippen LogP contribution is 2.26. The van der Waals surface area contributed by atoms with Gasteiger partial charge in [0.1, 0.15) is 5.82 Å². The lowest BCUT2D eigenvalue weighted by Crippen LogP contribution is -2.39. The first-order chi connectivity index (χ1) is 9.91. The molecule has 120 valence electrons. The van der Waals surface area contributed by atoms with Crippen molar-refractivity contribution in [1.82, 2.24) is 19.1 Å². The molecule has 2 heterocycles. The summed E-state index contributed by atoms with van der Waals surface area (Å²) in [6.45, 7) is 4.43. The second-order valence-corrected chi connectivity index (χ2v) is 8.38. The Morgan fingerprint density at radius 1 is 1.43 bits per heavy atom. The van der Waals surface area contributed by atoms with Gasteiger partial charge in [0.05, 0.1) is 6.26 Å². The topological polar surface area (TPSA) is 94.1 Å². The lowest BCUT2D eigenvalue weighted by molar-refractivity contribution is 0.286. The van der Waals surface area contributed by atoms with Crippen molar-refractivity contribution in [2.75, 3.05) is 31.6 Å². The Bertz CT molecular complexity index is 572. The monoisotopic (exact) mass is 333 g/mol. The molecule has 2 rings (SSSR count). The zero-order valence-electron chi connectivity index (χ0n) is 12.5. The quantitative estimate of drug-likeness (QED) is 0.753. The Hall–Kier alpha value is -0.640. The van der Waals surface area contributed by atoms with E-state index in [1.165, 1.54) is 6.26 Å². The lowest BCUT2D eigenvalue weighted by atomic mass is 10.0. The molecule has 1 aromatic heterocycles. The largest absolute Gasteiger partial charge is 0.329 e. The van der Waals surface area contributed by atoms with Crippen molar-refractivity contribution >= 4 is 21.8 Å². The molecule has 9 heteroatoms. The molecule has 1 fully saturated rings. The highest BCUT2D eigenvalue weighted by molar-refractivity contribution is 7.99. The van der Waals surface area contributed by atoms with Gasteiger partial charge in [-0.05, 0) is 25.7 Å². The van der Waals surface area contributed by atoms with Crippen LogP contribution in [0.25, 0.3) is 0 Å². The van der Waals surface area contributed by atoms with Crippen LogP contribution in [-0.2, 0) is 16.6 Å². The number of hydrogen-bond acceptors (Lipinski definition) is 6. The fourth-order valence-corrected chi connectivity index (χ4v) is 4.59. The summed E-state index contributed by atoms with van der Waals surface area (Å²) >= 11 is 1.64. The van der Waals surface area contributed by atoms with E-state index in [2.05, 4.69) is 10.2 Å². The minimum Gasteiger partial charge on any atom is -0.329 e. The van der Waals surface area contributed by atoms with Crippen LogP contribution in [0, 0.1) is 12.8 Å². The number of rotatable bonds is 6.